The van der Waals surface area contributed by atoms with E-state index in [4.69, 9.17) is 4.74 Å². The molecule has 5 nitrogen and oxygen atoms in total. The van der Waals surface area contributed by atoms with Gasteiger partial charge in [0.05, 0.1) is 12.2 Å². The lowest BCUT2D eigenvalue weighted by Crippen LogP contribution is -2.52. The highest BCUT2D eigenvalue weighted by molar-refractivity contribution is 5.95. The number of rotatable bonds is 5. The van der Waals surface area contributed by atoms with E-state index >= 15 is 0 Å². The van der Waals surface area contributed by atoms with Crippen LogP contribution in [0.4, 0.5) is 0 Å². The third kappa shape index (κ3) is 4.26. The fraction of sp³-hybridized carbons (Fsp3) is 0.684. The molecule has 0 aromatic carbocycles. The van der Waals surface area contributed by atoms with E-state index in [1.165, 1.54) is 0 Å². The van der Waals surface area contributed by atoms with Gasteiger partial charge < -0.3 is 14.6 Å². The number of ether oxygens (including phenoxy) is 1. The Bertz CT molecular complexity index is 636. The van der Waals surface area contributed by atoms with Crippen LogP contribution in [0.25, 0.3) is 0 Å². The summed E-state index contributed by atoms with van der Waals surface area (Å²) in [6.07, 6.45) is 3.22. The summed E-state index contributed by atoms with van der Waals surface area (Å²) in [6.45, 7) is 11.1. The molecule has 5 heteroatoms. The summed E-state index contributed by atoms with van der Waals surface area (Å²) in [5.74, 6) is 0.159. The van der Waals surface area contributed by atoms with Gasteiger partial charge >= 0.3 is 0 Å². The highest BCUT2D eigenvalue weighted by Crippen LogP contribution is 2.22. The number of carbonyl (C=O) groups excluding carboxylic acids is 1. The second-order valence-electron chi connectivity index (χ2n) is 7.23. The molecular weight excluding hydrogens is 304 g/mol. The van der Waals surface area contributed by atoms with Gasteiger partial charge in [-0.25, -0.2) is 0 Å². The van der Waals surface area contributed by atoms with Crippen molar-refractivity contribution in [3.8, 4) is 0 Å². The number of aromatic amines is 1. The minimum Gasteiger partial charge on any atom is -0.371 e. The number of carbonyl (C=O) groups is 1. The Kier molecular flexibility index (Phi) is 6.21. The summed E-state index contributed by atoms with van der Waals surface area (Å²) in [6, 6.07) is 1.85. The van der Waals surface area contributed by atoms with Gasteiger partial charge in [0.15, 0.2) is 0 Å². The van der Waals surface area contributed by atoms with Crippen molar-refractivity contribution in [2.45, 2.75) is 66.1 Å². The largest absolute Gasteiger partial charge is 0.371 e. The molecule has 2 atom stereocenters. The summed E-state index contributed by atoms with van der Waals surface area (Å²) >= 11 is 0. The van der Waals surface area contributed by atoms with Crippen LogP contribution in [0.15, 0.2) is 10.9 Å². The number of amides is 1. The number of hydrogen-bond donors (Lipinski definition) is 1. The lowest BCUT2D eigenvalue weighted by atomic mass is 10.0. The van der Waals surface area contributed by atoms with Gasteiger partial charge in [0.25, 0.3) is 11.5 Å². The topological polar surface area (TPSA) is 62.4 Å². The standard InChI is InChI=1S/C19H30N2O3/c1-6-7-8-15-10-21(11-16(24-15)12(2)3)19(23)17-13(4)9-14(5)20-18(17)22/h9,12,15-16H,6-8,10-11H2,1-5H3,(H,20,22)/t15-,16-/m1/s1. The van der Waals surface area contributed by atoms with Crippen LogP contribution in [0, 0.1) is 19.8 Å². The Morgan fingerprint density at radius 2 is 2.08 bits per heavy atom. The van der Waals surface area contributed by atoms with Crippen molar-refractivity contribution in [1.82, 2.24) is 9.88 Å². The molecule has 1 N–H and O–H groups in total. The zero-order valence-corrected chi connectivity index (χ0v) is 15.5. The average molecular weight is 334 g/mol. The Morgan fingerprint density at radius 3 is 2.67 bits per heavy atom. The Morgan fingerprint density at radius 1 is 1.38 bits per heavy atom. The van der Waals surface area contributed by atoms with E-state index in [9.17, 15) is 9.59 Å². The summed E-state index contributed by atoms with van der Waals surface area (Å²) in [5.41, 5.74) is 1.48. The molecule has 2 heterocycles. The van der Waals surface area contributed by atoms with Crippen LogP contribution in [-0.2, 0) is 4.74 Å². The fourth-order valence-electron chi connectivity index (χ4n) is 3.27. The Hall–Kier alpha value is -1.62. The molecule has 1 amide bonds. The highest BCUT2D eigenvalue weighted by Gasteiger charge is 2.33. The predicted molar refractivity (Wildman–Crippen MR) is 95.5 cm³/mol. The van der Waals surface area contributed by atoms with Crippen LogP contribution in [0.2, 0.25) is 0 Å². The van der Waals surface area contributed by atoms with Crippen molar-refractivity contribution in [2.24, 2.45) is 5.92 Å². The maximum atomic E-state index is 13.0. The molecule has 1 saturated heterocycles. The molecule has 134 valence electrons. The molecule has 24 heavy (non-hydrogen) atoms. The van der Waals surface area contributed by atoms with E-state index in [1.807, 2.05) is 19.9 Å². The number of H-pyrrole nitrogens is 1. The quantitative estimate of drug-likeness (QED) is 0.900. The van der Waals surface area contributed by atoms with Crippen molar-refractivity contribution < 1.29 is 9.53 Å². The van der Waals surface area contributed by atoms with Gasteiger partial charge in [0, 0.05) is 18.8 Å². The van der Waals surface area contributed by atoms with Gasteiger partial charge in [0.1, 0.15) is 5.56 Å². The van der Waals surface area contributed by atoms with Crippen LogP contribution in [0.5, 0.6) is 0 Å². The first-order chi connectivity index (χ1) is 11.3. The van der Waals surface area contributed by atoms with Crippen molar-refractivity contribution in [2.75, 3.05) is 13.1 Å². The van der Waals surface area contributed by atoms with Crippen molar-refractivity contribution in [3.05, 3.63) is 33.2 Å². The van der Waals surface area contributed by atoms with Crippen LogP contribution in [0.3, 0.4) is 0 Å². The molecule has 0 spiro atoms. The summed E-state index contributed by atoms with van der Waals surface area (Å²) in [5, 5.41) is 0. The third-order valence-electron chi connectivity index (χ3n) is 4.68. The van der Waals surface area contributed by atoms with Crippen LogP contribution in [0.1, 0.15) is 61.6 Å². The zero-order valence-electron chi connectivity index (χ0n) is 15.5. The number of aromatic nitrogens is 1. The highest BCUT2D eigenvalue weighted by atomic mass is 16.5. The van der Waals surface area contributed by atoms with Gasteiger partial charge in [-0.2, -0.15) is 0 Å². The number of nitrogens with zero attached hydrogens (tertiary/aromatic N) is 1. The van der Waals surface area contributed by atoms with Crippen molar-refractivity contribution in [3.63, 3.8) is 0 Å². The number of unbranched alkanes of at least 4 members (excludes halogenated alkanes) is 1. The molecule has 1 fully saturated rings. The number of pyridine rings is 1. The Labute approximate surface area is 144 Å². The first-order valence-electron chi connectivity index (χ1n) is 8.98. The first kappa shape index (κ1) is 18.7. The van der Waals surface area contributed by atoms with E-state index in [1.54, 1.807) is 4.90 Å². The minimum atomic E-state index is -0.296. The third-order valence-corrected chi connectivity index (χ3v) is 4.68. The van der Waals surface area contributed by atoms with E-state index in [2.05, 4.69) is 25.8 Å². The molecule has 0 unspecified atom stereocenters. The fourth-order valence-corrected chi connectivity index (χ4v) is 3.27. The number of aryl methyl sites for hydroxylation is 2. The van der Waals surface area contributed by atoms with Crippen LogP contribution < -0.4 is 5.56 Å². The van der Waals surface area contributed by atoms with Crippen LogP contribution >= 0.6 is 0 Å². The number of hydrogen-bond acceptors (Lipinski definition) is 3. The second kappa shape index (κ2) is 7.97. The molecule has 0 saturated carbocycles. The molecule has 1 aliphatic rings. The van der Waals surface area contributed by atoms with E-state index in [0.717, 1.165) is 30.5 Å². The lowest BCUT2D eigenvalue weighted by Gasteiger charge is -2.40. The molecule has 2 rings (SSSR count). The van der Waals surface area contributed by atoms with Gasteiger partial charge in [-0.15, -0.1) is 0 Å². The SMILES string of the molecule is CCCC[C@@H]1CN(C(=O)c2c(C)cc(C)[nH]c2=O)C[C@H](C(C)C)O1. The van der Waals surface area contributed by atoms with E-state index in [-0.39, 0.29) is 29.2 Å². The first-order valence-corrected chi connectivity index (χ1v) is 8.98. The smallest absolute Gasteiger partial charge is 0.261 e. The summed E-state index contributed by atoms with van der Waals surface area (Å²) in [4.78, 5) is 29.8. The minimum absolute atomic E-state index is 0.0226. The van der Waals surface area contributed by atoms with Crippen LogP contribution in [-0.4, -0.2) is 41.1 Å². The maximum Gasteiger partial charge on any atom is 0.261 e. The van der Waals surface area contributed by atoms with Gasteiger partial charge in [-0.1, -0.05) is 33.6 Å². The normalized spacial score (nSPS) is 21.3. The second-order valence-corrected chi connectivity index (χ2v) is 7.23. The Balaban J connectivity index is 2.25. The molecule has 1 aromatic heterocycles. The maximum absolute atomic E-state index is 13.0. The molecule has 0 aliphatic carbocycles. The predicted octanol–water partition coefficient (Wildman–Crippen LogP) is 3.05. The molecular formula is C19H30N2O3. The summed E-state index contributed by atoms with van der Waals surface area (Å²) in [7, 11) is 0. The molecule has 1 aromatic rings. The molecule has 1 aliphatic heterocycles. The lowest BCUT2D eigenvalue weighted by molar-refractivity contribution is -0.0963. The summed E-state index contributed by atoms with van der Waals surface area (Å²) < 4.78 is 6.17. The molecule has 0 radical (unpaired) electrons. The monoisotopic (exact) mass is 334 g/mol. The van der Waals surface area contributed by atoms with Gasteiger partial charge in [-0.3, -0.25) is 9.59 Å². The van der Waals surface area contributed by atoms with E-state index in [0.29, 0.717) is 19.0 Å². The zero-order chi connectivity index (χ0) is 17.9. The van der Waals surface area contributed by atoms with Crippen molar-refractivity contribution in [1.29, 1.82) is 0 Å². The average Bonchev–Trinajstić information content (AvgIpc) is 2.51. The van der Waals surface area contributed by atoms with Crippen molar-refractivity contribution >= 4 is 5.91 Å². The number of morpholine rings is 1. The number of nitrogens with one attached hydrogen (secondary N) is 1. The molecule has 0 bridgehead atoms. The van der Waals surface area contributed by atoms with E-state index < -0.39 is 0 Å². The van der Waals surface area contributed by atoms with Gasteiger partial charge in [-0.05, 0) is 37.8 Å². The van der Waals surface area contributed by atoms with Gasteiger partial charge in [0.2, 0.25) is 0 Å².